The molecule has 0 saturated carbocycles. The molecule has 0 spiro atoms. The molecule has 1 aromatic carbocycles. The van der Waals surface area contributed by atoms with Gasteiger partial charge in [0.2, 0.25) is 0 Å². The molecule has 1 aromatic rings. The van der Waals surface area contributed by atoms with Crippen molar-refractivity contribution >= 4 is 21.8 Å². The Balaban J connectivity index is 2.08. The molecule has 0 radical (unpaired) electrons. The van der Waals surface area contributed by atoms with Crippen LogP contribution in [-0.2, 0) is 0 Å². The fraction of sp³-hybridized carbons (Fsp3) is 0.500. The minimum atomic E-state index is -0.400. The van der Waals surface area contributed by atoms with Gasteiger partial charge >= 0.3 is 0 Å². The molecule has 104 valence electrons. The fourth-order valence-electron chi connectivity index (χ4n) is 2.38. The van der Waals surface area contributed by atoms with Crippen LogP contribution in [0.3, 0.4) is 0 Å². The highest BCUT2D eigenvalue weighted by Crippen LogP contribution is 2.20. The lowest BCUT2D eigenvalue weighted by atomic mass is 10.0. The molecule has 1 heterocycles. The maximum Gasteiger partial charge on any atom is 0.253 e. The van der Waals surface area contributed by atoms with E-state index in [1.165, 1.54) is 6.07 Å². The first-order valence-electron chi connectivity index (χ1n) is 6.40. The van der Waals surface area contributed by atoms with Gasteiger partial charge in [-0.25, -0.2) is 4.39 Å². The van der Waals surface area contributed by atoms with E-state index in [4.69, 9.17) is 0 Å². The first kappa shape index (κ1) is 14.5. The summed E-state index contributed by atoms with van der Waals surface area (Å²) in [5.74, 6) is -0.511. The normalized spacial score (nSPS) is 17.5. The van der Waals surface area contributed by atoms with Crippen LogP contribution in [0.5, 0.6) is 0 Å². The monoisotopic (exact) mass is 328 g/mol. The van der Waals surface area contributed by atoms with Gasteiger partial charge in [-0.15, -0.1) is 0 Å². The van der Waals surface area contributed by atoms with Crippen LogP contribution in [0.2, 0.25) is 0 Å². The summed E-state index contributed by atoms with van der Waals surface area (Å²) in [7, 11) is 3.89. The molecule has 2 rings (SSSR count). The number of rotatable bonds is 2. The zero-order valence-corrected chi connectivity index (χ0v) is 12.8. The Bertz CT molecular complexity index is 473. The van der Waals surface area contributed by atoms with Crippen LogP contribution >= 0.6 is 15.9 Å². The predicted octanol–water partition coefficient (Wildman–Crippen LogP) is 2.75. The molecule has 1 fully saturated rings. The van der Waals surface area contributed by atoms with Gasteiger partial charge in [0.25, 0.3) is 5.91 Å². The summed E-state index contributed by atoms with van der Waals surface area (Å²) in [6.07, 6.45) is 1.94. The van der Waals surface area contributed by atoms with E-state index in [0.717, 1.165) is 25.9 Å². The summed E-state index contributed by atoms with van der Waals surface area (Å²) >= 11 is 3.09. The van der Waals surface area contributed by atoms with Crippen LogP contribution in [0.4, 0.5) is 4.39 Å². The number of nitrogens with zero attached hydrogens (tertiary/aromatic N) is 2. The van der Waals surface area contributed by atoms with Crippen molar-refractivity contribution in [1.29, 1.82) is 0 Å². The van der Waals surface area contributed by atoms with Gasteiger partial charge < -0.3 is 9.80 Å². The summed E-state index contributed by atoms with van der Waals surface area (Å²) in [6.45, 7) is 1.99. The van der Waals surface area contributed by atoms with Crippen LogP contribution in [-0.4, -0.2) is 48.9 Å². The van der Waals surface area contributed by atoms with Gasteiger partial charge in [-0.3, -0.25) is 4.79 Å². The molecule has 1 aliphatic heterocycles. The molecule has 0 aliphatic carbocycles. The third-order valence-electron chi connectivity index (χ3n) is 3.72. The van der Waals surface area contributed by atoms with E-state index in [9.17, 15) is 9.18 Å². The molecule has 0 N–H and O–H groups in total. The van der Waals surface area contributed by atoms with E-state index in [2.05, 4.69) is 27.9 Å². The van der Waals surface area contributed by atoms with Crippen LogP contribution in [0.25, 0.3) is 0 Å². The number of amides is 1. The maximum absolute atomic E-state index is 13.5. The lowest BCUT2D eigenvalue weighted by molar-refractivity contribution is 0.0659. The number of hydrogen-bond acceptors (Lipinski definition) is 2. The summed E-state index contributed by atoms with van der Waals surface area (Å²) in [4.78, 5) is 16.3. The van der Waals surface area contributed by atoms with Crippen LogP contribution in [0.15, 0.2) is 22.7 Å². The van der Waals surface area contributed by atoms with Crippen molar-refractivity contribution in [3.63, 3.8) is 0 Å². The SMILES string of the molecule is CN1CCC(N(C)C(=O)c2ccc(Br)c(F)c2)CC1. The second-order valence-electron chi connectivity index (χ2n) is 5.08. The molecule has 5 heteroatoms. The van der Waals surface area contributed by atoms with Gasteiger partial charge in [0.05, 0.1) is 4.47 Å². The molecule has 0 bridgehead atoms. The van der Waals surface area contributed by atoms with E-state index in [1.807, 2.05) is 0 Å². The Kier molecular flexibility index (Phi) is 4.58. The molecule has 1 aliphatic rings. The Labute approximate surface area is 121 Å². The molecule has 0 atom stereocenters. The van der Waals surface area contributed by atoms with Crippen molar-refractivity contribution in [3.05, 3.63) is 34.1 Å². The van der Waals surface area contributed by atoms with Crippen LogP contribution < -0.4 is 0 Å². The standard InChI is InChI=1S/C14H18BrFN2O/c1-17-7-5-11(6-8-17)18(2)14(19)10-3-4-12(15)13(16)9-10/h3-4,9,11H,5-8H2,1-2H3. The highest BCUT2D eigenvalue weighted by Gasteiger charge is 2.24. The van der Waals surface area contributed by atoms with E-state index in [-0.39, 0.29) is 11.9 Å². The summed E-state index contributed by atoms with van der Waals surface area (Å²) in [5, 5.41) is 0. The quantitative estimate of drug-likeness (QED) is 0.833. The first-order chi connectivity index (χ1) is 8.99. The highest BCUT2D eigenvalue weighted by atomic mass is 79.9. The first-order valence-corrected chi connectivity index (χ1v) is 7.19. The van der Waals surface area contributed by atoms with Crippen molar-refractivity contribution in [1.82, 2.24) is 9.80 Å². The zero-order chi connectivity index (χ0) is 14.0. The molecular weight excluding hydrogens is 311 g/mol. The molecule has 1 amide bonds. The molecule has 0 aromatic heterocycles. The Hall–Kier alpha value is -0.940. The second-order valence-corrected chi connectivity index (χ2v) is 5.93. The van der Waals surface area contributed by atoms with Gasteiger partial charge in [-0.2, -0.15) is 0 Å². The van der Waals surface area contributed by atoms with Crippen LogP contribution in [0.1, 0.15) is 23.2 Å². The largest absolute Gasteiger partial charge is 0.339 e. The average molecular weight is 329 g/mol. The molecular formula is C14H18BrFN2O. The average Bonchev–Trinajstić information content (AvgIpc) is 2.41. The Morgan fingerprint density at radius 1 is 1.42 bits per heavy atom. The zero-order valence-electron chi connectivity index (χ0n) is 11.2. The summed E-state index contributed by atoms with van der Waals surface area (Å²) < 4.78 is 13.9. The lowest BCUT2D eigenvalue weighted by Gasteiger charge is -2.35. The number of halogens is 2. The van der Waals surface area contributed by atoms with Gasteiger partial charge in [0.1, 0.15) is 5.82 Å². The van der Waals surface area contributed by atoms with Gasteiger partial charge in [0.15, 0.2) is 0 Å². The third-order valence-corrected chi connectivity index (χ3v) is 4.37. The topological polar surface area (TPSA) is 23.6 Å². The van der Waals surface area contributed by atoms with E-state index < -0.39 is 5.82 Å². The molecule has 3 nitrogen and oxygen atoms in total. The lowest BCUT2D eigenvalue weighted by Crippen LogP contribution is -2.44. The predicted molar refractivity (Wildman–Crippen MR) is 76.7 cm³/mol. The second kappa shape index (κ2) is 6.01. The number of benzene rings is 1. The summed E-state index contributed by atoms with van der Waals surface area (Å²) in [5.41, 5.74) is 0.405. The van der Waals surface area contributed by atoms with E-state index in [0.29, 0.717) is 10.0 Å². The van der Waals surface area contributed by atoms with E-state index in [1.54, 1.807) is 24.1 Å². The Morgan fingerprint density at radius 3 is 2.63 bits per heavy atom. The van der Waals surface area contributed by atoms with E-state index >= 15 is 0 Å². The minimum absolute atomic E-state index is 0.110. The number of piperidine rings is 1. The molecule has 19 heavy (non-hydrogen) atoms. The number of hydrogen-bond donors (Lipinski definition) is 0. The van der Waals surface area contributed by atoms with Gasteiger partial charge in [0, 0.05) is 18.7 Å². The third kappa shape index (κ3) is 3.34. The molecule has 0 unspecified atom stereocenters. The molecule has 1 saturated heterocycles. The maximum atomic E-state index is 13.5. The number of carbonyl (C=O) groups excluding carboxylic acids is 1. The minimum Gasteiger partial charge on any atom is -0.339 e. The van der Waals surface area contributed by atoms with Gasteiger partial charge in [-0.05, 0) is 67.1 Å². The summed E-state index contributed by atoms with van der Waals surface area (Å²) in [6, 6.07) is 4.76. The van der Waals surface area contributed by atoms with Crippen LogP contribution in [0, 0.1) is 5.82 Å². The number of likely N-dealkylation sites (tertiary alicyclic amines) is 1. The van der Waals surface area contributed by atoms with Gasteiger partial charge in [-0.1, -0.05) is 0 Å². The number of carbonyl (C=O) groups is 1. The Morgan fingerprint density at radius 2 is 2.05 bits per heavy atom. The highest BCUT2D eigenvalue weighted by molar-refractivity contribution is 9.10. The smallest absolute Gasteiger partial charge is 0.253 e. The van der Waals surface area contributed by atoms with Crippen molar-refractivity contribution in [2.24, 2.45) is 0 Å². The van der Waals surface area contributed by atoms with Crippen molar-refractivity contribution < 1.29 is 9.18 Å². The van der Waals surface area contributed by atoms with Crippen molar-refractivity contribution in [2.45, 2.75) is 18.9 Å². The van der Waals surface area contributed by atoms with Crippen molar-refractivity contribution in [3.8, 4) is 0 Å². The fourth-order valence-corrected chi connectivity index (χ4v) is 2.63. The van der Waals surface area contributed by atoms with Crippen molar-refractivity contribution in [2.75, 3.05) is 27.2 Å².